The lowest BCUT2D eigenvalue weighted by Gasteiger charge is -2.29. The molecule has 0 aliphatic carbocycles. The van der Waals surface area contributed by atoms with Crippen LogP contribution in [0.15, 0.2) is 78.6 Å². The van der Waals surface area contributed by atoms with E-state index in [1.54, 1.807) is 30.3 Å². The molecule has 180 valence electrons. The van der Waals surface area contributed by atoms with Crippen LogP contribution in [0.3, 0.4) is 0 Å². The molecule has 1 amide bonds. The highest BCUT2D eigenvalue weighted by molar-refractivity contribution is 6.04. The van der Waals surface area contributed by atoms with Crippen LogP contribution in [0.2, 0.25) is 0 Å². The van der Waals surface area contributed by atoms with Gasteiger partial charge in [0.25, 0.3) is 5.91 Å². The lowest BCUT2D eigenvalue weighted by atomic mass is 9.92. The minimum Gasteiger partial charge on any atom is -0.459 e. The highest BCUT2D eigenvalue weighted by Gasteiger charge is 2.30. The van der Waals surface area contributed by atoms with Gasteiger partial charge in [-0.05, 0) is 47.0 Å². The molecule has 0 spiro atoms. The molecule has 3 aromatic rings. The minimum atomic E-state index is -0.651. The van der Waals surface area contributed by atoms with Crippen LogP contribution in [0.25, 0.3) is 0 Å². The Kier molecular flexibility index (Phi) is 6.56. The normalized spacial score (nSPS) is 18.5. The van der Waals surface area contributed by atoms with Crippen LogP contribution in [-0.2, 0) is 27.5 Å². The van der Waals surface area contributed by atoms with E-state index >= 15 is 0 Å². The topological polar surface area (TPSA) is 112 Å². The molecule has 2 unspecified atom stereocenters. The van der Waals surface area contributed by atoms with Gasteiger partial charge < -0.3 is 35.1 Å². The predicted octanol–water partition coefficient (Wildman–Crippen LogP) is 4.06. The lowest BCUT2D eigenvalue weighted by molar-refractivity contribution is -0.147. The van der Waals surface area contributed by atoms with Crippen molar-refractivity contribution in [3.8, 4) is 11.5 Å². The molecule has 0 saturated carbocycles. The van der Waals surface area contributed by atoms with Crippen molar-refractivity contribution in [2.75, 3.05) is 17.8 Å². The number of amides is 1. The number of nitrogens with one attached hydrogen (secondary N) is 1. The Labute approximate surface area is 202 Å². The van der Waals surface area contributed by atoms with Gasteiger partial charge in [-0.25, -0.2) is 0 Å². The van der Waals surface area contributed by atoms with E-state index in [2.05, 4.69) is 5.32 Å². The molecule has 8 heteroatoms. The van der Waals surface area contributed by atoms with E-state index in [0.29, 0.717) is 35.9 Å². The number of para-hydroxylation sites is 2. The van der Waals surface area contributed by atoms with Crippen molar-refractivity contribution in [1.82, 2.24) is 0 Å². The van der Waals surface area contributed by atoms with Crippen LogP contribution in [-0.4, -0.2) is 24.1 Å². The first-order valence-electron chi connectivity index (χ1n) is 11.3. The first-order chi connectivity index (χ1) is 17.1. The summed E-state index contributed by atoms with van der Waals surface area (Å²) >= 11 is 0. The van der Waals surface area contributed by atoms with Crippen molar-refractivity contribution in [3.05, 3.63) is 95.3 Å². The van der Waals surface area contributed by atoms with Crippen molar-refractivity contribution in [3.63, 3.8) is 0 Å². The molecule has 5 rings (SSSR count). The number of rotatable bonds is 7. The van der Waals surface area contributed by atoms with E-state index in [9.17, 15) is 9.90 Å². The zero-order chi connectivity index (χ0) is 24.2. The highest BCUT2D eigenvalue weighted by Crippen LogP contribution is 2.38. The van der Waals surface area contributed by atoms with Gasteiger partial charge in [-0.15, -0.1) is 0 Å². The molecule has 2 aliphatic heterocycles. The fourth-order valence-electron chi connectivity index (χ4n) is 4.02. The zero-order valence-electron chi connectivity index (χ0n) is 19.0. The summed E-state index contributed by atoms with van der Waals surface area (Å²) in [6.45, 7) is 0.472. The van der Waals surface area contributed by atoms with E-state index in [-0.39, 0.29) is 25.1 Å². The summed E-state index contributed by atoms with van der Waals surface area (Å²) in [6.07, 6.45) is 1.65. The van der Waals surface area contributed by atoms with Gasteiger partial charge in [0.05, 0.1) is 24.6 Å². The van der Waals surface area contributed by atoms with Gasteiger partial charge in [-0.3, -0.25) is 4.79 Å². The average molecular weight is 475 g/mol. The molecule has 0 fully saturated rings. The Morgan fingerprint density at radius 1 is 1.03 bits per heavy atom. The first-order valence-corrected chi connectivity index (χ1v) is 11.3. The Morgan fingerprint density at radius 2 is 1.80 bits per heavy atom. The second-order valence-corrected chi connectivity index (χ2v) is 8.36. The highest BCUT2D eigenvalue weighted by atomic mass is 16.7. The number of hydrogen-bond donors (Lipinski definition) is 3. The number of aliphatic hydroxyl groups is 1. The molecular formula is C27H26N2O6. The number of nitrogen functional groups attached to an aromatic ring is 1. The van der Waals surface area contributed by atoms with Crippen LogP contribution in [0.1, 0.15) is 29.0 Å². The maximum absolute atomic E-state index is 13.1. The summed E-state index contributed by atoms with van der Waals surface area (Å²) in [5, 5.41) is 12.1. The van der Waals surface area contributed by atoms with E-state index in [1.807, 2.05) is 42.5 Å². The van der Waals surface area contributed by atoms with Gasteiger partial charge in [0.15, 0.2) is 17.3 Å². The number of aliphatic hydroxyl groups excluding tert-OH is 1. The van der Waals surface area contributed by atoms with E-state index < -0.39 is 12.2 Å². The lowest BCUT2D eigenvalue weighted by Crippen LogP contribution is -2.29. The van der Waals surface area contributed by atoms with Crippen LogP contribution in [0, 0.1) is 0 Å². The van der Waals surface area contributed by atoms with Crippen molar-refractivity contribution in [2.24, 2.45) is 0 Å². The molecule has 0 bridgehead atoms. The SMILES string of the molecule is Nc1ccccc1NC(=O)C1=CC(c2ccc3c(c2)OCO3)CC(OCc2ccc(CO)cc2)O1. The molecule has 2 heterocycles. The first kappa shape index (κ1) is 22.8. The van der Waals surface area contributed by atoms with Crippen LogP contribution < -0.4 is 20.5 Å². The fourth-order valence-corrected chi connectivity index (χ4v) is 4.02. The van der Waals surface area contributed by atoms with Gasteiger partial charge in [0.2, 0.25) is 13.1 Å². The Hall–Kier alpha value is -4.01. The standard InChI is InChI=1S/C27H26N2O6/c28-21-3-1-2-4-22(21)29-27(31)25-12-20(19-9-10-23-24(11-19)34-16-33-23)13-26(35-25)32-15-18-7-5-17(14-30)6-8-18/h1-12,20,26,30H,13-16,28H2,(H,29,31). The Balaban J connectivity index is 1.36. The maximum Gasteiger partial charge on any atom is 0.290 e. The number of anilines is 2. The van der Waals surface area contributed by atoms with Gasteiger partial charge in [0.1, 0.15) is 0 Å². The zero-order valence-corrected chi connectivity index (χ0v) is 19.0. The Morgan fingerprint density at radius 3 is 2.60 bits per heavy atom. The number of carbonyl (C=O) groups excluding carboxylic acids is 1. The number of carbonyl (C=O) groups is 1. The van der Waals surface area contributed by atoms with E-state index in [4.69, 9.17) is 24.7 Å². The van der Waals surface area contributed by atoms with Gasteiger partial charge in [0, 0.05) is 12.3 Å². The summed E-state index contributed by atoms with van der Waals surface area (Å²) in [5.41, 5.74) is 9.68. The summed E-state index contributed by atoms with van der Waals surface area (Å²) in [4.78, 5) is 13.1. The average Bonchev–Trinajstić information content (AvgIpc) is 3.37. The number of ether oxygens (including phenoxy) is 4. The molecule has 4 N–H and O–H groups in total. The quantitative estimate of drug-likeness (QED) is 0.443. The number of hydrogen-bond acceptors (Lipinski definition) is 7. The van der Waals surface area contributed by atoms with Gasteiger partial charge in [-0.2, -0.15) is 0 Å². The molecule has 2 aliphatic rings. The van der Waals surface area contributed by atoms with Crippen molar-refractivity contribution >= 4 is 17.3 Å². The molecule has 8 nitrogen and oxygen atoms in total. The molecule has 2 atom stereocenters. The fraction of sp³-hybridized carbons (Fsp3) is 0.222. The largest absolute Gasteiger partial charge is 0.459 e. The third-order valence-electron chi connectivity index (χ3n) is 5.96. The van der Waals surface area contributed by atoms with Gasteiger partial charge >= 0.3 is 0 Å². The third-order valence-corrected chi connectivity index (χ3v) is 5.96. The van der Waals surface area contributed by atoms with Gasteiger partial charge in [-0.1, -0.05) is 42.5 Å². The Bertz CT molecular complexity index is 1240. The monoisotopic (exact) mass is 474 g/mol. The second-order valence-electron chi connectivity index (χ2n) is 8.36. The molecule has 3 aromatic carbocycles. The number of nitrogens with two attached hydrogens (primary N) is 1. The molecule has 0 radical (unpaired) electrons. The van der Waals surface area contributed by atoms with Crippen LogP contribution >= 0.6 is 0 Å². The molecule has 0 saturated heterocycles. The van der Waals surface area contributed by atoms with Crippen molar-refractivity contribution in [1.29, 1.82) is 0 Å². The minimum absolute atomic E-state index is 0.0146. The predicted molar refractivity (Wildman–Crippen MR) is 130 cm³/mol. The smallest absolute Gasteiger partial charge is 0.290 e. The van der Waals surface area contributed by atoms with Crippen molar-refractivity contribution in [2.45, 2.75) is 31.8 Å². The maximum atomic E-state index is 13.1. The van der Waals surface area contributed by atoms with Crippen molar-refractivity contribution < 1.29 is 28.8 Å². The number of fused-ring (bicyclic) bond motifs is 1. The molecule has 35 heavy (non-hydrogen) atoms. The second kappa shape index (κ2) is 10.1. The van der Waals surface area contributed by atoms with Crippen LogP contribution in [0.5, 0.6) is 11.5 Å². The summed E-state index contributed by atoms with van der Waals surface area (Å²) in [7, 11) is 0. The molecule has 0 aromatic heterocycles. The third kappa shape index (κ3) is 5.24. The summed E-state index contributed by atoms with van der Waals surface area (Å²) in [5.74, 6) is 0.972. The number of benzene rings is 3. The van der Waals surface area contributed by atoms with E-state index in [1.165, 1.54) is 0 Å². The molecular weight excluding hydrogens is 448 g/mol. The summed E-state index contributed by atoms with van der Waals surface area (Å²) in [6, 6.07) is 20.3. The number of allylic oxidation sites excluding steroid dienone is 1. The van der Waals surface area contributed by atoms with E-state index in [0.717, 1.165) is 16.7 Å². The summed E-state index contributed by atoms with van der Waals surface area (Å²) < 4.78 is 23.0. The van der Waals surface area contributed by atoms with Crippen LogP contribution in [0.4, 0.5) is 11.4 Å².